The molecule has 0 saturated heterocycles. The molecule has 0 amide bonds. The maximum Gasteiger partial charge on any atom is 0.416 e. The van der Waals surface area contributed by atoms with Gasteiger partial charge in [-0.2, -0.15) is 13.2 Å². The van der Waals surface area contributed by atoms with Crippen LogP contribution in [0.3, 0.4) is 0 Å². The van der Waals surface area contributed by atoms with Gasteiger partial charge < -0.3 is 14.8 Å². The molecular weight excluding hydrogens is 511 g/mol. The second kappa shape index (κ2) is 10.2. The molecule has 1 unspecified atom stereocenters. The standard InChI is InChI=1S/C22H21F5N4O4S/c23-21(24)4-2-11(3-5-21)15-14(22(25,26)27)8-13-16(30-19(34)31-18(13)33)17(15)36-10-12(9-32)35-20-28-6-1-7-29-20/h1,6-8,11-12,32H,2-5,9-10H2,(H2,30,31,33,34). The van der Waals surface area contributed by atoms with Crippen molar-refractivity contribution in [1.29, 1.82) is 0 Å². The van der Waals surface area contributed by atoms with Crippen LogP contribution in [0.5, 0.6) is 6.01 Å². The third-order valence-corrected chi connectivity index (χ3v) is 7.14. The van der Waals surface area contributed by atoms with Gasteiger partial charge in [-0.05, 0) is 36.5 Å². The summed E-state index contributed by atoms with van der Waals surface area (Å²) < 4.78 is 75.7. The zero-order valence-corrected chi connectivity index (χ0v) is 19.4. The minimum atomic E-state index is -4.90. The number of alkyl halides is 5. The SMILES string of the molecule is O=c1[nH]c(=O)c2cc(C(F)(F)F)c(C3CCC(F)(F)CC3)c(SCC(CO)Oc3ncccn3)c2[nH]1. The van der Waals surface area contributed by atoms with Crippen LogP contribution in [-0.2, 0) is 6.18 Å². The Morgan fingerprint density at radius 1 is 1.17 bits per heavy atom. The number of aromatic nitrogens is 4. The first-order chi connectivity index (χ1) is 17.0. The van der Waals surface area contributed by atoms with Gasteiger partial charge >= 0.3 is 17.9 Å². The number of hydrogen-bond acceptors (Lipinski definition) is 7. The lowest BCUT2D eigenvalue weighted by atomic mass is 9.80. The van der Waals surface area contributed by atoms with Crippen LogP contribution >= 0.6 is 11.8 Å². The molecule has 14 heteroatoms. The Morgan fingerprint density at radius 2 is 1.83 bits per heavy atom. The highest BCUT2D eigenvalue weighted by atomic mass is 32.2. The summed E-state index contributed by atoms with van der Waals surface area (Å²) in [6, 6.07) is 2.12. The lowest BCUT2D eigenvalue weighted by Crippen LogP contribution is -2.28. The normalized spacial score (nSPS) is 17.3. The molecule has 2 aromatic heterocycles. The third-order valence-electron chi connectivity index (χ3n) is 5.89. The van der Waals surface area contributed by atoms with Crippen molar-refractivity contribution in [2.45, 2.75) is 54.7 Å². The van der Waals surface area contributed by atoms with Crippen molar-refractivity contribution in [2.24, 2.45) is 0 Å². The van der Waals surface area contributed by atoms with E-state index in [0.717, 1.165) is 11.8 Å². The van der Waals surface area contributed by atoms with Gasteiger partial charge in [0.15, 0.2) is 0 Å². The predicted molar refractivity (Wildman–Crippen MR) is 121 cm³/mol. The van der Waals surface area contributed by atoms with Gasteiger partial charge in [0.2, 0.25) is 5.92 Å². The molecule has 0 spiro atoms. The molecule has 3 aromatic rings. The van der Waals surface area contributed by atoms with Crippen molar-refractivity contribution in [1.82, 2.24) is 19.9 Å². The van der Waals surface area contributed by atoms with Crippen LogP contribution in [0, 0.1) is 0 Å². The number of aliphatic hydroxyl groups is 1. The quantitative estimate of drug-likeness (QED) is 0.312. The number of nitrogens with one attached hydrogen (secondary N) is 2. The van der Waals surface area contributed by atoms with E-state index in [-0.39, 0.29) is 40.6 Å². The Morgan fingerprint density at radius 3 is 2.44 bits per heavy atom. The zero-order valence-electron chi connectivity index (χ0n) is 18.6. The number of halogens is 5. The van der Waals surface area contributed by atoms with E-state index in [1.807, 2.05) is 4.98 Å². The number of rotatable bonds is 7. The highest BCUT2D eigenvalue weighted by molar-refractivity contribution is 7.99. The molecule has 1 fully saturated rings. The fourth-order valence-electron chi connectivity index (χ4n) is 4.21. The second-order valence-electron chi connectivity index (χ2n) is 8.39. The highest BCUT2D eigenvalue weighted by Crippen LogP contribution is 2.49. The second-order valence-corrected chi connectivity index (χ2v) is 9.42. The summed E-state index contributed by atoms with van der Waals surface area (Å²) in [7, 11) is 0. The average molecular weight is 532 g/mol. The monoisotopic (exact) mass is 532 g/mol. The van der Waals surface area contributed by atoms with E-state index >= 15 is 0 Å². The van der Waals surface area contributed by atoms with Crippen LogP contribution in [0.15, 0.2) is 39.0 Å². The third kappa shape index (κ3) is 5.69. The number of H-pyrrole nitrogens is 2. The predicted octanol–water partition coefficient (Wildman–Crippen LogP) is 3.85. The molecular formula is C22H21F5N4O4S. The van der Waals surface area contributed by atoms with E-state index < -0.39 is 65.8 Å². The molecule has 3 N–H and O–H groups in total. The fraction of sp³-hybridized carbons (Fsp3) is 0.455. The van der Waals surface area contributed by atoms with Crippen LogP contribution in [-0.4, -0.2) is 49.4 Å². The average Bonchev–Trinajstić information content (AvgIpc) is 2.81. The summed E-state index contributed by atoms with van der Waals surface area (Å²) >= 11 is 0.819. The van der Waals surface area contributed by atoms with Gasteiger partial charge in [-0.3, -0.25) is 9.78 Å². The van der Waals surface area contributed by atoms with E-state index in [1.54, 1.807) is 0 Å². The first-order valence-corrected chi connectivity index (χ1v) is 11.9. The Labute approximate surface area is 204 Å². The van der Waals surface area contributed by atoms with Crippen molar-refractivity contribution >= 4 is 22.7 Å². The van der Waals surface area contributed by atoms with Crippen LogP contribution in [0.2, 0.25) is 0 Å². The molecule has 1 aromatic carbocycles. The largest absolute Gasteiger partial charge is 0.457 e. The van der Waals surface area contributed by atoms with Gasteiger partial charge in [0.25, 0.3) is 5.56 Å². The summed E-state index contributed by atoms with van der Waals surface area (Å²) in [5.41, 5.74) is -3.47. The molecule has 0 bridgehead atoms. The lowest BCUT2D eigenvalue weighted by molar-refractivity contribution is -0.138. The first-order valence-electron chi connectivity index (χ1n) is 10.9. The molecule has 36 heavy (non-hydrogen) atoms. The minimum Gasteiger partial charge on any atom is -0.457 e. The number of aromatic amines is 2. The number of hydrogen-bond donors (Lipinski definition) is 3. The molecule has 194 valence electrons. The number of aliphatic hydroxyl groups excluding tert-OH is 1. The number of nitrogens with zero attached hydrogens (tertiary/aromatic N) is 2. The topological polar surface area (TPSA) is 121 Å². The van der Waals surface area contributed by atoms with E-state index in [1.165, 1.54) is 18.5 Å². The maximum absolute atomic E-state index is 14.2. The van der Waals surface area contributed by atoms with Gasteiger partial charge in [0.1, 0.15) is 6.10 Å². The molecule has 2 heterocycles. The molecule has 8 nitrogen and oxygen atoms in total. The minimum absolute atomic E-state index is 0.0642. The Kier molecular flexibility index (Phi) is 7.36. The molecule has 0 radical (unpaired) electrons. The fourth-order valence-corrected chi connectivity index (χ4v) is 5.47. The molecule has 1 saturated carbocycles. The number of fused-ring (bicyclic) bond motifs is 1. The summed E-state index contributed by atoms with van der Waals surface area (Å²) in [5.74, 6) is -3.98. The summed E-state index contributed by atoms with van der Waals surface area (Å²) in [4.78, 5) is 36.4. The van der Waals surface area contributed by atoms with Crippen molar-refractivity contribution in [3.63, 3.8) is 0 Å². The van der Waals surface area contributed by atoms with Crippen LogP contribution in [0.4, 0.5) is 22.0 Å². The molecule has 1 aliphatic carbocycles. The Hall–Kier alpha value is -3.00. The van der Waals surface area contributed by atoms with E-state index in [9.17, 15) is 36.6 Å². The van der Waals surface area contributed by atoms with Crippen molar-refractivity contribution in [3.8, 4) is 6.01 Å². The van der Waals surface area contributed by atoms with Gasteiger partial charge in [-0.15, -0.1) is 11.8 Å². The van der Waals surface area contributed by atoms with Gasteiger partial charge in [0.05, 0.1) is 23.1 Å². The first kappa shape index (κ1) is 26.1. The summed E-state index contributed by atoms with van der Waals surface area (Å²) in [6.07, 6.45) is -4.64. The van der Waals surface area contributed by atoms with Crippen LogP contribution in [0.1, 0.15) is 42.7 Å². The number of ether oxygens (including phenoxy) is 1. The smallest absolute Gasteiger partial charge is 0.416 e. The number of benzene rings is 1. The number of thioether (sulfide) groups is 1. The summed E-state index contributed by atoms with van der Waals surface area (Å²) in [6.45, 7) is -0.537. The van der Waals surface area contributed by atoms with Crippen LogP contribution in [0.25, 0.3) is 10.9 Å². The molecule has 0 aliphatic heterocycles. The van der Waals surface area contributed by atoms with Gasteiger partial charge in [0, 0.05) is 35.9 Å². The van der Waals surface area contributed by atoms with Gasteiger partial charge in [-0.25, -0.2) is 23.5 Å². The molecule has 4 rings (SSSR count). The van der Waals surface area contributed by atoms with Crippen molar-refractivity contribution in [3.05, 3.63) is 56.5 Å². The Bertz CT molecular complexity index is 1340. The van der Waals surface area contributed by atoms with Crippen molar-refractivity contribution in [2.75, 3.05) is 12.4 Å². The summed E-state index contributed by atoms with van der Waals surface area (Å²) in [5, 5.41) is 9.36. The highest BCUT2D eigenvalue weighted by Gasteiger charge is 2.42. The van der Waals surface area contributed by atoms with E-state index in [2.05, 4.69) is 15.0 Å². The molecule has 1 aliphatic rings. The maximum atomic E-state index is 14.2. The van der Waals surface area contributed by atoms with Crippen molar-refractivity contribution < 1.29 is 31.8 Å². The van der Waals surface area contributed by atoms with Gasteiger partial charge in [-0.1, -0.05) is 0 Å². The van der Waals surface area contributed by atoms with E-state index in [4.69, 9.17) is 4.74 Å². The molecule has 1 atom stereocenters. The lowest BCUT2D eigenvalue weighted by Gasteiger charge is -2.32. The Balaban J connectivity index is 1.83. The zero-order chi connectivity index (χ0) is 26.1. The van der Waals surface area contributed by atoms with E-state index in [0.29, 0.717) is 6.07 Å². The van der Waals surface area contributed by atoms with Crippen LogP contribution < -0.4 is 16.0 Å².